The zero-order valence-corrected chi connectivity index (χ0v) is 17.1. The molecule has 0 unspecified atom stereocenters. The molecule has 0 aliphatic carbocycles. The number of pyridine rings is 1. The molecule has 3 rings (SSSR count). The third kappa shape index (κ3) is 5.43. The number of rotatable bonds is 10. The Morgan fingerprint density at radius 3 is 2.50 bits per heavy atom. The minimum absolute atomic E-state index is 0.172. The lowest BCUT2D eigenvalue weighted by molar-refractivity contribution is 0.203. The predicted octanol–water partition coefficient (Wildman–Crippen LogP) is 2.53. The van der Waals surface area contributed by atoms with E-state index in [1.807, 2.05) is 30.3 Å². The molecule has 0 spiro atoms. The Hall–Kier alpha value is -3.23. The van der Waals surface area contributed by atoms with Crippen LogP contribution >= 0.6 is 0 Å². The first-order valence-electron chi connectivity index (χ1n) is 9.78. The highest BCUT2D eigenvalue weighted by molar-refractivity contribution is 5.62. The lowest BCUT2D eigenvalue weighted by Crippen LogP contribution is -2.28. The van der Waals surface area contributed by atoms with Gasteiger partial charge in [-0.2, -0.15) is 0 Å². The molecule has 0 aliphatic rings. The van der Waals surface area contributed by atoms with Gasteiger partial charge in [-0.15, -0.1) is 0 Å². The fourth-order valence-corrected chi connectivity index (χ4v) is 3.04. The summed E-state index contributed by atoms with van der Waals surface area (Å²) in [6, 6.07) is 13.1. The first-order chi connectivity index (χ1) is 14.6. The number of benzene rings is 1. The topological polar surface area (TPSA) is 112 Å². The van der Waals surface area contributed by atoms with Crippen LogP contribution in [-0.4, -0.2) is 58.1 Å². The predicted molar refractivity (Wildman–Crippen MR) is 117 cm³/mol. The molecule has 0 fully saturated rings. The molecular formula is C22H27N5O3. The lowest BCUT2D eigenvalue weighted by Gasteiger charge is -2.16. The summed E-state index contributed by atoms with van der Waals surface area (Å²) in [4.78, 5) is 13.0. The second-order valence-corrected chi connectivity index (χ2v) is 6.95. The molecule has 0 saturated heterocycles. The number of anilines is 2. The Bertz CT molecular complexity index is 932. The largest absolute Gasteiger partial charge is 0.496 e. The highest BCUT2D eigenvalue weighted by Gasteiger charge is 2.12. The van der Waals surface area contributed by atoms with Gasteiger partial charge in [-0.05, 0) is 23.8 Å². The van der Waals surface area contributed by atoms with Crippen LogP contribution in [0.3, 0.4) is 0 Å². The van der Waals surface area contributed by atoms with Gasteiger partial charge in [0.1, 0.15) is 23.7 Å². The van der Waals surface area contributed by atoms with Crippen molar-refractivity contribution in [1.29, 1.82) is 0 Å². The van der Waals surface area contributed by atoms with E-state index in [1.165, 1.54) is 6.33 Å². The van der Waals surface area contributed by atoms with Gasteiger partial charge in [0.15, 0.2) is 0 Å². The number of hydrogen-bond acceptors (Lipinski definition) is 8. The Labute approximate surface area is 176 Å². The summed E-state index contributed by atoms with van der Waals surface area (Å²) in [5.41, 5.74) is 2.73. The Morgan fingerprint density at radius 1 is 1.00 bits per heavy atom. The summed E-state index contributed by atoms with van der Waals surface area (Å²) < 4.78 is 5.45. The van der Waals surface area contributed by atoms with E-state index in [9.17, 15) is 0 Å². The first-order valence-corrected chi connectivity index (χ1v) is 9.78. The van der Waals surface area contributed by atoms with Gasteiger partial charge >= 0.3 is 0 Å². The summed E-state index contributed by atoms with van der Waals surface area (Å²) in [6.07, 6.45) is 3.21. The maximum absolute atomic E-state index is 9.16. The van der Waals surface area contributed by atoms with Crippen LogP contribution in [-0.2, 0) is 0 Å². The van der Waals surface area contributed by atoms with Gasteiger partial charge in [0.25, 0.3) is 0 Å². The molecule has 0 bridgehead atoms. The van der Waals surface area contributed by atoms with Gasteiger partial charge in [0, 0.05) is 30.3 Å². The van der Waals surface area contributed by atoms with Gasteiger partial charge in [-0.25, -0.2) is 15.0 Å². The van der Waals surface area contributed by atoms with Crippen molar-refractivity contribution in [3.8, 4) is 17.0 Å². The van der Waals surface area contributed by atoms with Crippen molar-refractivity contribution >= 4 is 11.6 Å². The first kappa shape index (κ1) is 21.5. The minimum Gasteiger partial charge on any atom is -0.496 e. The molecule has 2 heterocycles. The highest BCUT2D eigenvalue weighted by Crippen LogP contribution is 2.26. The SMILES string of the molecule is COc1ccccc1[C@H](C)CNc1cc(-c2ccc(NC(CO)CO)nc2)ncn1. The van der Waals surface area contributed by atoms with Crippen molar-refractivity contribution in [3.05, 3.63) is 60.6 Å². The molecule has 2 aromatic heterocycles. The third-order valence-electron chi connectivity index (χ3n) is 4.78. The molecule has 30 heavy (non-hydrogen) atoms. The molecule has 0 amide bonds. The normalized spacial score (nSPS) is 11.9. The second kappa shape index (κ2) is 10.5. The zero-order valence-electron chi connectivity index (χ0n) is 17.1. The van der Waals surface area contributed by atoms with Gasteiger partial charge in [0.05, 0.1) is 32.1 Å². The molecular weight excluding hydrogens is 382 g/mol. The van der Waals surface area contributed by atoms with E-state index in [0.717, 1.165) is 28.4 Å². The summed E-state index contributed by atoms with van der Waals surface area (Å²) >= 11 is 0. The summed E-state index contributed by atoms with van der Waals surface area (Å²) in [7, 11) is 1.68. The maximum Gasteiger partial charge on any atom is 0.129 e. The number of aliphatic hydroxyl groups is 2. The average Bonchev–Trinajstić information content (AvgIpc) is 2.81. The average molecular weight is 409 g/mol. The van der Waals surface area contributed by atoms with Crippen LogP contribution in [0.25, 0.3) is 11.3 Å². The fourth-order valence-electron chi connectivity index (χ4n) is 3.04. The number of para-hydroxylation sites is 1. The van der Waals surface area contributed by atoms with Crippen molar-refractivity contribution in [3.63, 3.8) is 0 Å². The van der Waals surface area contributed by atoms with Gasteiger partial charge in [-0.1, -0.05) is 25.1 Å². The molecule has 1 aromatic carbocycles. The van der Waals surface area contributed by atoms with Crippen molar-refractivity contribution in [2.45, 2.75) is 18.9 Å². The number of hydrogen-bond donors (Lipinski definition) is 4. The van der Waals surface area contributed by atoms with E-state index in [0.29, 0.717) is 12.4 Å². The van der Waals surface area contributed by atoms with Crippen molar-refractivity contribution in [1.82, 2.24) is 15.0 Å². The highest BCUT2D eigenvalue weighted by atomic mass is 16.5. The van der Waals surface area contributed by atoms with Crippen molar-refractivity contribution in [2.24, 2.45) is 0 Å². The molecule has 0 saturated carbocycles. The number of aromatic nitrogens is 3. The van der Waals surface area contributed by atoms with Crippen molar-refractivity contribution in [2.75, 3.05) is 37.5 Å². The molecule has 8 heteroatoms. The molecule has 8 nitrogen and oxygen atoms in total. The van der Waals surface area contributed by atoms with Crippen LogP contribution in [0.2, 0.25) is 0 Å². The van der Waals surface area contributed by atoms with Gasteiger partial charge < -0.3 is 25.6 Å². The quantitative estimate of drug-likeness (QED) is 0.404. The van der Waals surface area contributed by atoms with Gasteiger partial charge in [0.2, 0.25) is 0 Å². The number of nitrogens with zero attached hydrogens (tertiary/aromatic N) is 3. The van der Waals surface area contributed by atoms with E-state index in [-0.39, 0.29) is 19.1 Å². The van der Waals surface area contributed by atoms with E-state index >= 15 is 0 Å². The molecule has 0 aliphatic heterocycles. The maximum atomic E-state index is 9.16. The number of aliphatic hydroxyl groups excluding tert-OH is 2. The second-order valence-electron chi connectivity index (χ2n) is 6.95. The number of nitrogens with one attached hydrogen (secondary N) is 2. The fraction of sp³-hybridized carbons (Fsp3) is 0.318. The monoisotopic (exact) mass is 409 g/mol. The van der Waals surface area contributed by atoms with Crippen LogP contribution in [0.4, 0.5) is 11.6 Å². The molecule has 0 radical (unpaired) electrons. The van der Waals surface area contributed by atoms with Crippen LogP contribution in [0.5, 0.6) is 5.75 Å². The molecule has 3 aromatic rings. The summed E-state index contributed by atoms with van der Waals surface area (Å²) in [5, 5.41) is 24.6. The number of ether oxygens (including phenoxy) is 1. The van der Waals surface area contributed by atoms with E-state index in [1.54, 1.807) is 19.4 Å². The minimum atomic E-state index is -0.441. The van der Waals surface area contributed by atoms with E-state index in [4.69, 9.17) is 14.9 Å². The summed E-state index contributed by atoms with van der Waals surface area (Å²) in [5.74, 6) is 2.41. The van der Waals surface area contributed by atoms with Gasteiger partial charge in [-0.3, -0.25) is 0 Å². The zero-order chi connectivity index (χ0) is 21.3. The molecule has 1 atom stereocenters. The Balaban J connectivity index is 1.66. The number of methoxy groups -OCH3 is 1. The van der Waals surface area contributed by atoms with Crippen molar-refractivity contribution < 1.29 is 14.9 Å². The third-order valence-corrected chi connectivity index (χ3v) is 4.78. The summed E-state index contributed by atoms with van der Waals surface area (Å²) in [6.45, 7) is 2.48. The van der Waals surface area contributed by atoms with Crippen LogP contribution in [0.15, 0.2) is 55.0 Å². The molecule has 4 N–H and O–H groups in total. The van der Waals surface area contributed by atoms with E-state index in [2.05, 4.69) is 38.6 Å². The standard InChI is InChI=1S/C22H27N5O3/c1-15(18-5-3-4-6-20(18)30-2)10-23-22-9-19(25-14-26-22)16-7-8-21(24-11-16)27-17(12-28)13-29/h3-9,11,14-15,17,28-29H,10,12-13H2,1-2H3,(H,24,27)(H,23,25,26)/t15-/m1/s1. The van der Waals surface area contributed by atoms with Crippen LogP contribution in [0.1, 0.15) is 18.4 Å². The lowest BCUT2D eigenvalue weighted by atomic mass is 10.00. The Kier molecular flexibility index (Phi) is 7.53. The van der Waals surface area contributed by atoms with Crippen LogP contribution < -0.4 is 15.4 Å². The van der Waals surface area contributed by atoms with Crippen LogP contribution in [0, 0.1) is 0 Å². The smallest absolute Gasteiger partial charge is 0.129 e. The Morgan fingerprint density at radius 2 is 1.80 bits per heavy atom. The van der Waals surface area contributed by atoms with E-state index < -0.39 is 6.04 Å². The molecule has 158 valence electrons.